The van der Waals surface area contributed by atoms with E-state index in [4.69, 9.17) is 4.74 Å². The van der Waals surface area contributed by atoms with E-state index in [2.05, 4.69) is 0 Å². The molecule has 2 aromatic rings. The average Bonchev–Trinajstić information content (AvgIpc) is 3.37. The number of benzene rings is 1. The summed E-state index contributed by atoms with van der Waals surface area (Å²) >= 11 is 1.58. The summed E-state index contributed by atoms with van der Waals surface area (Å²) in [6, 6.07) is 8.97. The molecule has 0 bridgehead atoms. The van der Waals surface area contributed by atoms with Gasteiger partial charge < -0.3 is 9.64 Å². The van der Waals surface area contributed by atoms with Gasteiger partial charge in [0.05, 0.1) is 24.1 Å². The predicted octanol–water partition coefficient (Wildman–Crippen LogP) is 3.19. The van der Waals surface area contributed by atoms with Crippen LogP contribution in [0, 0.1) is 13.8 Å². The van der Waals surface area contributed by atoms with Crippen LogP contribution in [-0.4, -0.2) is 56.4 Å². The number of sulfonamides is 1. The van der Waals surface area contributed by atoms with Gasteiger partial charge in [-0.15, -0.1) is 11.3 Å². The summed E-state index contributed by atoms with van der Waals surface area (Å²) in [5.74, 6) is -0.219. The molecule has 1 unspecified atom stereocenters. The summed E-state index contributed by atoms with van der Waals surface area (Å²) in [6.07, 6.45) is 1.93. The zero-order valence-electron chi connectivity index (χ0n) is 17.1. The molecule has 1 amide bonds. The van der Waals surface area contributed by atoms with Crippen molar-refractivity contribution >= 4 is 27.3 Å². The number of thiophene rings is 1. The van der Waals surface area contributed by atoms with Crippen molar-refractivity contribution in [2.75, 3.05) is 26.7 Å². The molecule has 0 saturated carbocycles. The largest absolute Gasteiger partial charge is 0.376 e. The number of carbonyl (C=O) groups excluding carboxylic acids is 1. The van der Waals surface area contributed by atoms with Gasteiger partial charge in [0.15, 0.2) is 0 Å². The Morgan fingerprint density at radius 1 is 1.24 bits per heavy atom. The molecule has 0 aliphatic carbocycles. The van der Waals surface area contributed by atoms with Crippen molar-refractivity contribution in [3.63, 3.8) is 0 Å². The highest BCUT2D eigenvalue weighted by molar-refractivity contribution is 7.89. The number of amides is 1. The first-order valence-electron chi connectivity index (χ1n) is 9.72. The van der Waals surface area contributed by atoms with Crippen LogP contribution in [0.1, 0.15) is 28.8 Å². The van der Waals surface area contributed by atoms with Crippen molar-refractivity contribution in [1.82, 2.24) is 9.21 Å². The number of ether oxygens (including phenoxy) is 1. The van der Waals surface area contributed by atoms with Gasteiger partial charge in [-0.3, -0.25) is 4.79 Å². The van der Waals surface area contributed by atoms with Crippen LogP contribution >= 0.6 is 11.3 Å². The highest BCUT2D eigenvalue weighted by atomic mass is 32.2. The lowest BCUT2D eigenvalue weighted by atomic mass is 10.1. The maximum atomic E-state index is 13.0. The van der Waals surface area contributed by atoms with E-state index >= 15 is 0 Å². The summed E-state index contributed by atoms with van der Waals surface area (Å²) < 4.78 is 32.7. The van der Waals surface area contributed by atoms with E-state index in [-0.39, 0.29) is 23.5 Å². The summed E-state index contributed by atoms with van der Waals surface area (Å²) in [5, 5.41) is 1.97. The minimum atomic E-state index is -3.74. The molecule has 6 nitrogen and oxygen atoms in total. The fraction of sp³-hybridized carbons (Fsp3) is 0.476. The highest BCUT2D eigenvalue weighted by Crippen LogP contribution is 2.20. The molecule has 29 heavy (non-hydrogen) atoms. The molecule has 1 aliphatic rings. The van der Waals surface area contributed by atoms with Crippen molar-refractivity contribution < 1.29 is 17.9 Å². The molecule has 0 N–H and O–H groups in total. The number of carbonyl (C=O) groups is 1. The van der Waals surface area contributed by atoms with Gasteiger partial charge in [0.1, 0.15) is 0 Å². The molecule has 1 atom stereocenters. The summed E-state index contributed by atoms with van der Waals surface area (Å²) in [7, 11) is -2.28. The highest BCUT2D eigenvalue weighted by Gasteiger charge is 2.28. The Hall–Kier alpha value is -1.74. The second kappa shape index (κ2) is 9.38. The monoisotopic (exact) mass is 436 g/mol. The van der Waals surface area contributed by atoms with Crippen LogP contribution in [-0.2, 0) is 26.1 Å². The molecular weight excluding hydrogens is 408 g/mol. The smallest absolute Gasteiger partial charge is 0.243 e. The van der Waals surface area contributed by atoms with Crippen molar-refractivity contribution in [3.05, 3.63) is 51.7 Å². The maximum Gasteiger partial charge on any atom is 0.243 e. The van der Waals surface area contributed by atoms with Crippen molar-refractivity contribution in [2.24, 2.45) is 0 Å². The van der Waals surface area contributed by atoms with E-state index in [1.165, 1.54) is 7.05 Å². The number of nitrogens with zero attached hydrogens (tertiary/aromatic N) is 2. The first kappa shape index (κ1) is 22.0. The Morgan fingerprint density at radius 2 is 2.03 bits per heavy atom. The third-order valence-corrected chi connectivity index (χ3v) is 7.93. The van der Waals surface area contributed by atoms with Crippen LogP contribution in [0.25, 0.3) is 0 Å². The fourth-order valence-corrected chi connectivity index (χ4v) is 5.23. The Bertz CT molecular complexity index is 936. The molecule has 8 heteroatoms. The van der Waals surface area contributed by atoms with Crippen LogP contribution in [0.4, 0.5) is 0 Å². The minimum Gasteiger partial charge on any atom is -0.376 e. The van der Waals surface area contributed by atoms with Crippen LogP contribution in [0.15, 0.2) is 40.6 Å². The Morgan fingerprint density at radius 3 is 2.66 bits per heavy atom. The van der Waals surface area contributed by atoms with E-state index in [0.29, 0.717) is 19.7 Å². The van der Waals surface area contributed by atoms with Crippen molar-refractivity contribution in [3.8, 4) is 0 Å². The van der Waals surface area contributed by atoms with Gasteiger partial charge >= 0.3 is 0 Å². The lowest BCUT2D eigenvalue weighted by Crippen LogP contribution is -2.43. The fourth-order valence-electron chi connectivity index (χ4n) is 3.31. The standard InChI is InChI=1S/C21H28N2O4S2/c1-16-8-9-20(12-17(16)2)29(25,26)22(3)15-21(24)23(13-18-6-4-10-27-18)14-19-7-5-11-28-19/h5,7-9,11-12,18H,4,6,10,13-15H2,1-3H3. The van der Waals surface area contributed by atoms with Gasteiger partial charge in [-0.25, -0.2) is 8.42 Å². The number of aryl methyl sites for hydroxylation is 2. The van der Waals surface area contributed by atoms with Gasteiger partial charge in [-0.1, -0.05) is 12.1 Å². The zero-order chi connectivity index (χ0) is 21.0. The summed E-state index contributed by atoms with van der Waals surface area (Å²) in [6.45, 7) is 5.28. The number of hydrogen-bond donors (Lipinski definition) is 0. The van der Waals surface area contributed by atoms with Gasteiger partial charge in [0, 0.05) is 25.1 Å². The lowest BCUT2D eigenvalue weighted by Gasteiger charge is -2.27. The van der Waals surface area contributed by atoms with Gasteiger partial charge in [0.2, 0.25) is 15.9 Å². The van der Waals surface area contributed by atoms with E-state index < -0.39 is 10.0 Å². The first-order valence-corrected chi connectivity index (χ1v) is 12.0. The third-order valence-electron chi connectivity index (χ3n) is 5.27. The second-order valence-electron chi connectivity index (χ2n) is 7.50. The second-order valence-corrected chi connectivity index (χ2v) is 10.6. The van der Waals surface area contributed by atoms with Crippen molar-refractivity contribution in [1.29, 1.82) is 0 Å². The normalized spacial score (nSPS) is 17.0. The molecule has 2 heterocycles. The molecule has 1 aliphatic heterocycles. The van der Waals surface area contributed by atoms with Gasteiger partial charge in [0.25, 0.3) is 0 Å². The topological polar surface area (TPSA) is 66.9 Å². The number of hydrogen-bond acceptors (Lipinski definition) is 5. The molecule has 1 fully saturated rings. The average molecular weight is 437 g/mol. The number of likely N-dealkylation sites (N-methyl/N-ethyl adjacent to an activating group) is 1. The molecule has 0 spiro atoms. The molecular formula is C21H28N2O4S2. The van der Waals surface area contributed by atoms with Crippen molar-refractivity contribution in [2.45, 2.75) is 44.2 Å². The van der Waals surface area contributed by atoms with Crippen LogP contribution in [0.3, 0.4) is 0 Å². The molecule has 1 aromatic carbocycles. The van der Waals surface area contributed by atoms with Crippen LogP contribution in [0.5, 0.6) is 0 Å². The lowest BCUT2D eigenvalue weighted by molar-refractivity contribution is -0.133. The van der Waals surface area contributed by atoms with E-state index in [1.54, 1.807) is 34.4 Å². The first-order chi connectivity index (χ1) is 13.8. The summed E-state index contributed by atoms with van der Waals surface area (Å²) in [4.78, 5) is 16.0. The molecule has 3 rings (SSSR count). The van der Waals surface area contributed by atoms with Crippen LogP contribution < -0.4 is 0 Å². The minimum absolute atomic E-state index is 0.0144. The molecule has 1 saturated heterocycles. The van der Waals surface area contributed by atoms with E-state index in [1.807, 2.05) is 31.4 Å². The van der Waals surface area contributed by atoms with E-state index in [9.17, 15) is 13.2 Å². The SMILES string of the molecule is Cc1ccc(S(=O)(=O)N(C)CC(=O)N(Cc2cccs2)CC2CCCO2)cc1C. The Kier molecular flexibility index (Phi) is 7.10. The third kappa shape index (κ3) is 5.45. The van der Waals surface area contributed by atoms with Gasteiger partial charge in [-0.05, 0) is 61.4 Å². The van der Waals surface area contributed by atoms with E-state index in [0.717, 1.165) is 33.2 Å². The zero-order valence-corrected chi connectivity index (χ0v) is 18.8. The quantitative estimate of drug-likeness (QED) is 0.637. The van der Waals surface area contributed by atoms with Crippen LogP contribution in [0.2, 0.25) is 0 Å². The maximum absolute atomic E-state index is 13.0. The Labute approximate surface area is 177 Å². The molecule has 1 aromatic heterocycles. The number of rotatable bonds is 8. The Balaban J connectivity index is 1.73. The van der Waals surface area contributed by atoms with Gasteiger partial charge in [-0.2, -0.15) is 4.31 Å². The molecule has 158 valence electrons. The molecule has 0 radical (unpaired) electrons. The predicted molar refractivity (Wildman–Crippen MR) is 114 cm³/mol. The summed E-state index contributed by atoms with van der Waals surface area (Å²) in [5.41, 5.74) is 1.94.